The fourth-order valence-electron chi connectivity index (χ4n) is 3.70. The number of ketones is 1. The van der Waals surface area contributed by atoms with Crippen molar-refractivity contribution < 1.29 is 14.3 Å². The second-order valence-electron chi connectivity index (χ2n) is 6.76. The summed E-state index contributed by atoms with van der Waals surface area (Å²) in [6, 6.07) is 3.94. The van der Waals surface area contributed by atoms with Crippen LogP contribution < -0.4 is 5.63 Å². The molecule has 2 aromatic heterocycles. The summed E-state index contributed by atoms with van der Waals surface area (Å²) in [4.78, 5) is 26.2. The summed E-state index contributed by atoms with van der Waals surface area (Å²) in [5.41, 5.74) is 0.0593. The maximum Gasteiger partial charge on any atom is 0.343 e. The lowest BCUT2D eigenvalue weighted by Crippen LogP contribution is -2.20. The third kappa shape index (κ3) is 2.71. The molecule has 1 unspecified atom stereocenters. The van der Waals surface area contributed by atoms with E-state index >= 15 is 0 Å². The first-order valence-corrected chi connectivity index (χ1v) is 9.50. The van der Waals surface area contributed by atoms with E-state index in [0.29, 0.717) is 24.5 Å². The highest BCUT2D eigenvalue weighted by Gasteiger charge is 2.39. The van der Waals surface area contributed by atoms with Crippen molar-refractivity contribution in [1.82, 2.24) is 0 Å². The smallest absolute Gasteiger partial charge is 0.343 e. The standard InChI is InChI=1S/C19H20O4S/c20-12-5-2-1-3-6-13-16(12)18(21)17(19(22)23-13)15(11-8-9-11)14-7-4-10-24-14/h4,7,10-11,15,21H,1-3,5-6,8-9H2. The van der Waals surface area contributed by atoms with E-state index in [-0.39, 0.29) is 28.6 Å². The zero-order chi connectivity index (χ0) is 16.7. The third-order valence-corrected chi connectivity index (χ3v) is 6.00. The molecule has 1 N–H and O–H groups in total. The largest absolute Gasteiger partial charge is 0.506 e. The van der Waals surface area contributed by atoms with Gasteiger partial charge in [-0.2, -0.15) is 0 Å². The first kappa shape index (κ1) is 15.6. The van der Waals surface area contributed by atoms with Crippen molar-refractivity contribution in [3.05, 3.63) is 49.7 Å². The first-order valence-electron chi connectivity index (χ1n) is 8.62. The number of thiophene rings is 1. The Morgan fingerprint density at radius 1 is 1.17 bits per heavy atom. The van der Waals surface area contributed by atoms with Crippen LogP contribution in [0.15, 0.2) is 26.7 Å². The second kappa shape index (κ2) is 6.20. The predicted octanol–water partition coefficient (Wildman–Crippen LogP) is 4.25. The normalized spacial score (nSPS) is 19.4. The summed E-state index contributed by atoms with van der Waals surface area (Å²) in [6.45, 7) is 0. The van der Waals surface area contributed by atoms with E-state index in [1.807, 2.05) is 17.5 Å². The Kier molecular flexibility index (Phi) is 4.04. The molecular formula is C19H20O4S. The third-order valence-electron chi connectivity index (χ3n) is 5.05. The highest BCUT2D eigenvalue weighted by molar-refractivity contribution is 7.10. The van der Waals surface area contributed by atoms with Crippen molar-refractivity contribution in [1.29, 1.82) is 0 Å². The van der Waals surface area contributed by atoms with E-state index in [2.05, 4.69) is 0 Å². The Bertz CT molecular complexity index is 815. The minimum Gasteiger partial charge on any atom is -0.506 e. The van der Waals surface area contributed by atoms with E-state index in [1.165, 1.54) is 0 Å². The van der Waals surface area contributed by atoms with Gasteiger partial charge in [0.1, 0.15) is 11.5 Å². The van der Waals surface area contributed by atoms with E-state index < -0.39 is 5.63 Å². The molecule has 24 heavy (non-hydrogen) atoms. The minimum atomic E-state index is -0.482. The fraction of sp³-hybridized carbons (Fsp3) is 0.474. The van der Waals surface area contributed by atoms with Gasteiger partial charge in [0.2, 0.25) is 0 Å². The van der Waals surface area contributed by atoms with Crippen LogP contribution in [0.1, 0.15) is 71.0 Å². The molecular weight excluding hydrogens is 324 g/mol. The van der Waals surface area contributed by atoms with Crippen LogP contribution >= 0.6 is 11.3 Å². The van der Waals surface area contributed by atoms with Crippen LogP contribution in [-0.2, 0) is 6.42 Å². The molecule has 2 aromatic rings. The number of carbonyl (C=O) groups is 1. The topological polar surface area (TPSA) is 67.5 Å². The van der Waals surface area contributed by atoms with Crippen molar-refractivity contribution in [3.8, 4) is 5.75 Å². The van der Waals surface area contributed by atoms with Gasteiger partial charge < -0.3 is 9.52 Å². The van der Waals surface area contributed by atoms with Gasteiger partial charge in [-0.15, -0.1) is 11.3 Å². The Morgan fingerprint density at radius 2 is 1.96 bits per heavy atom. The van der Waals surface area contributed by atoms with E-state index in [4.69, 9.17) is 4.42 Å². The lowest BCUT2D eigenvalue weighted by atomic mass is 9.89. The zero-order valence-electron chi connectivity index (χ0n) is 13.4. The zero-order valence-corrected chi connectivity index (χ0v) is 14.2. The lowest BCUT2D eigenvalue weighted by molar-refractivity contribution is 0.0968. The molecule has 0 aliphatic heterocycles. The molecule has 0 radical (unpaired) electrons. The molecule has 126 valence electrons. The summed E-state index contributed by atoms with van der Waals surface area (Å²) >= 11 is 1.58. The maximum absolute atomic E-state index is 12.7. The van der Waals surface area contributed by atoms with Gasteiger partial charge in [0.05, 0.1) is 11.1 Å². The molecule has 0 saturated heterocycles. The van der Waals surface area contributed by atoms with Gasteiger partial charge in [0, 0.05) is 23.6 Å². The summed E-state index contributed by atoms with van der Waals surface area (Å²) in [5.74, 6) is 0.321. The van der Waals surface area contributed by atoms with Crippen LogP contribution in [0.5, 0.6) is 5.75 Å². The van der Waals surface area contributed by atoms with Crippen LogP contribution in [0.3, 0.4) is 0 Å². The number of Topliss-reactive ketones (excluding diaryl/α,β-unsaturated/α-hetero) is 1. The van der Waals surface area contributed by atoms with Crippen molar-refractivity contribution in [3.63, 3.8) is 0 Å². The van der Waals surface area contributed by atoms with Crippen molar-refractivity contribution in [2.45, 2.75) is 50.9 Å². The van der Waals surface area contributed by atoms with E-state index in [1.54, 1.807) is 11.3 Å². The van der Waals surface area contributed by atoms with Crippen LogP contribution in [-0.4, -0.2) is 10.9 Å². The van der Waals surface area contributed by atoms with E-state index in [0.717, 1.165) is 37.0 Å². The molecule has 4 nitrogen and oxygen atoms in total. The molecule has 2 aliphatic rings. The van der Waals surface area contributed by atoms with Crippen LogP contribution in [0.4, 0.5) is 0 Å². The van der Waals surface area contributed by atoms with Crippen molar-refractivity contribution >= 4 is 17.1 Å². The Hall–Kier alpha value is -1.88. The van der Waals surface area contributed by atoms with Crippen molar-refractivity contribution in [2.75, 3.05) is 0 Å². The number of aryl methyl sites for hydroxylation is 1. The molecule has 0 aromatic carbocycles. The average molecular weight is 344 g/mol. The molecule has 0 bridgehead atoms. The highest BCUT2D eigenvalue weighted by Crippen LogP contribution is 2.49. The average Bonchev–Trinajstić information content (AvgIpc) is 3.22. The fourth-order valence-corrected chi connectivity index (χ4v) is 4.63. The summed E-state index contributed by atoms with van der Waals surface area (Å²) in [6.07, 6.45) is 5.65. The van der Waals surface area contributed by atoms with E-state index in [9.17, 15) is 14.7 Å². The van der Waals surface area contributed by atoms with Gasteiger partial charge >= 0.3 is 5.63 Å². The number of fused-ring (bicyclic) bond motifs is 1. The second-order valence-corrected chi connectivity index (χ2v) is 7.74. The van der Waals surface area contributed by atoms with Crippen LogP contribution in [0.2, 0.25) is 0 Å². The summed E-state index contributed by atoms with van der Waals surface area (Å²) in [7, 11) is 0. The number of hydrogen-bond donors (Lipinski definition) is 1. The molecule has 1 saturated carbocycles. The Balaban J connectivity index is 1.89. The van der Waals surface area contributed by atoms with Gasteiger partial charge in [-0.3, -0.25) is 4.79 Å². The summed E-state index contributed by atoms with van der Waals surface area (Å²) < 4.78 is 5.54. The van der Waals surface area contributed by atoms with Crippen LogP contribution in [0, 0.1) is 5.92 Å². The Morgan fingerprint density at radius 3 is 2.67 bits per heavy atom. The van der Waals surface area contributed by atoms with Gasteiger partial charge in [0.15, 0.2) is 5.78 Å². The lowest BCUT2D eigenvalue weighted by Gasteiger charge is -2.19. The molecule has 2 aliphatic carbocycles. The number of aromatic hydroxyl groups is 1. The molecule has 0 amide bonds. The summed E-state index contributed by atoms with van der Waals surface area (Å²) in [5, 5.41) is 12.8. The molecule has 4 rings (SSSR count). The van der Waals surface area contributed by atoms with Gasteiger partial charge in [-0.1, -0.05) is 12.5 Å². The van der Waals surface area contributed by atoms with Gasteiger partial charge in [-0.05, 0) is 43.0 Å². The van der Waals surface area contributed by atoms with Crippen LogP contribution in [0.25, 0.3) is 0 Å². The maximum atomic E-state index is 12.7. The first-order chi connectivity index (χ1) is 11.7. The SMILES string of the molecule is O=C1CCCCCc2oc(=O)c(C(c3cccs3)C3CC3)c(O)c21. The molecule has 0 spiro atoms. The predicted molar refractivity (Wildman–Crippen MR) is 92.0 cm³/mol. The molecule has 2 heterocycles. The number of hydrogen-bond acceptors (Lipinski definition) is 5. The highest BCUT2D eigenvalue weighted by atomic mass is 32.1. The molecule has 1 atom stereocenters. The van der Waals surface area contributed by atoms with Crippen molar-refractivity contribution in [2.24, 2.45) is 5.92 Å². The Labute approximate surface area is 144 Å². The molecule has 1 fully saturated rings. The number of carbonyl (C=O) groups excluding carboxylic acids is 1. The van der Waals surface area contributed by atoms with Gasteiger partial charge in [0.25, 0.3) is 0 Å². The quantitative estimate of drug-likeness (QED) is 0.904. The minimum absolute atomic E-state index is 0.104. The molecule has 5 heteroatoms. The van der Waals surface area contributed by atoms with Gasteiger partial charge in [-0.25, -0.2) is 4.79 Å². The monoisotopic (exact) mass is 344 g/mol. The number of rotatable bonds is 3.